The summed E-state index contributed by atoms with van der Waals surface area (Å²) in [5, 5.41) is 12.1. The molecule has 1 fully saturated rings. The van der Waals surface area contributed by atoms with E-state index < -0.39 is 11.9 Å². The van der Waals surface area contributed by atoms with Crippen LogP contribution in [-0.2, 0) is 22.4 Å². The second kappa shape index (κ2) is 7.78. The number of carbonyl (C=O) groups excluding carboxylic acids is 1. The number of amides is 1. The van der Waals surface area contributed by atoms with Crippen LogP contribution < -0.4 is 0 Å². The largest absolute Gasteiger partial charge is 0.481 e. The molecule has 0 unspecified atom stereocenters. The lowest BCUT2D eigenvalue weighted by Gasteiger charge is -2.36. The maximum atomic E-state index is 12.6. The molecule has 132 valence electrons. The Labute approximate surface area is 151 Å². The fraction of sp³-hybridized carbons (Fsp3) is 0.421. The van der Waals surface area contributed by atoms with Crippen molar-refractivity contribution in [2.75, 3.05) is 6.54 Å². The molecule has 5 nitrogen and oxygen atoms in total. The van der Waals surface area contributed by atoms with Gasteiger partial charge in [-0.3, -0.25) is 9.59 Å². The Morgan fingerprint density at radius 2 is 2.04 bits per heavy atom. The monoisotopic (exact) mass is 358 g/mol. The number of hydrogen-bond donors (Lipinski definition) is 1. The van der Waals surface area contributed by atoms with Gasteiger partial charge in [0.1, 0.15) is 0 Å². The van der Waals surface area contributed by atoms with Gasteiger partial charge in [-0.15, -0.1) is 11.3 Å². The molecule has 0 bridgehead atoms. The molecule has 2 heterocycles. The lowest BCUT2D eigenvalue weighted by molar-refractivity contribution is -0.147. The van der Waals surface area contributed by atoms with E-state index in [1.165, 1.54) is 5.56 Å². The topological polar surface area (TPSA) is 70.5 Å². The van der Waals surface area contributed by atoms with Gasteiger partial charge in [0.25, 0.3) is 0 Å². The van der Waals surface area contributed by atoms with Crippen LogP contribution in [0, 0.1) is 5.92 Å². The predicted molar refractivity (Wildman–Crippen MR) is 96.6 cm³/mol. The summed E-state index contributed by atoms with van der Waals surface area (Å²) in [7, 11) is 0. The summed E-state index contributed by atoms with van der Waals surface area (Å²) < 4.78 is 0. The fourth-order valence-electron chi connectivity index (χ4n) is 3.19. The molecule has 0 spiro atoms. The van der Waals surface area contributed by atoms with Gasteiger partial charge in [-0.1, -0.05) is 30.3 Å². The zero-order valence-electron chi connectivity index (χ0n) is 14.2. The minimum Gasteiger partial charge on any atom is -0.481 e. The normalized spacial score (nSPS) is 20.4. The van der Waals surface area contributed by atoms with E-state index in [2.05, 4.69) is 17.1 Å². The summed E-state index contributed by atoms with van der Waals surface area (Å²) in [6.07, 6.45) is 2.38. The number of hydrogen-bond acceptors (Lipinski definition) is 4. The van der Waals surface area contributed by atoms with Crippen LogP contribution in [0.25, 0.3) is 0 Å². The Hall–Kier alpha value is -2.21. The average molecular weight is 358 g/mol. The standard InChI is InChI=1S/C19H22N2O3S/c1-13-7-8-15(19(23)24)11-21(13)18(22)10-16-12-25-17(20-16)9-14-5-3-2-4-6-14/h2-6,12-13,15H,7-11H2,1H3,(H,23,24)/t13-,15-/m0/s1. The zero-order chi connectivity index (χ0) is 17.8. The SMILES string of the molecule is C[C@H]1CC[C@H](C(=O)O)CN1C(=O)Cc1csc(Cc2ccccc2)n1. The first-order valence-electron chi connectivity index (χ1n) is 8.52. The first-order valence-corrected chi connectivity index (χ1v) is 9.40. The fourth-order valence-corrected chi connectivity index (χ4v) is 4.02. The molecule has 1 aliphatic rings. The number of aromatic nitrogens is 1. The summed E-state index contributed by atoms with van der Waals surface area (Å²) in [6, 6.07) is 10.2. The van der Waals surface area contributed by atoms with Crippen LogP contribution in [0.4, 0.5) is 0 Å². The van der Waals surface area contributed by atoms with Crippen molar-refractivity contribution >= 4 is 23.2 Å². The highest BCUT2D eigenvalue weighted by molar-refractivity contribution is 7.09. The number of aliphatic carboxylic acids is 1. The van der Waals surface area contributed by atoms with E-state index in [1.54, 1.807) is 16.2 Å². The van der Waals surface area contributed by atoms with Gasteiger partial charge in [0.15, 0.2) is 0 Å². The number of benzene rings is 1. The quantitative estimate of drug-likeness (QED) is 0.892. The lowest BCUT2D eigenvalue weighted by atomic mass is 9.93. The number of nitrogens with zero attached hydrogens (tertiary/aromatic N) is 2. The molecule has 1 aromatic heterocycles. The van der Waals surface area contributed by atoms with Crippen molar-refractivity contribution in [2.24, 2.45) is 5.92 Å². The molecule has 1 N–H and O–H groups in total. The van der Waals surface area contributed by atoms with Gasteiger partial charge in [-0.2, -0.15) is 0 Å². The van der Waals surface area contributed by atoms with Gasteiger partial charge < -0.3 is 10.0 Å². The molecular formula is C19H22N2O3S. The molecule has 0 saturated carbocycles. The van der Waals surface area contributed by atoms with E-state index >= 15 is 0 Å². The molecule has 0 aliphatic carbocycles. The summed E-state index contributed by atoms with van der Waals surface area (Å²) >= 11 is 1.56. The van der Waals surface area contributed by atoms with Crippen molar-refractivity contribution in [3.63, 3.8) is 0 Å². The molecule has 2 atom stereocenters. The smallest absolute Gasteiger partial charge is 0.308 e. The van der Waals surface area contributed by atoms with Crippen molar-refractivity contribution in [1.82, 2.24) is 9.88 Å². The molecule has 1 aromatic carbocycles. The highest BCUT2D eigenvalue weighted by Gasteiger charge is 2.32. The van der Waals surface area contributed by atoms with E-state index in [0.29, 0.717) is 13.0 Å². The number of likely N-dealkylation sites (tertiary alicyclic amines) is 1. The highest BCUT2D eigenvalue weighted by atomic mass is 32.1. The van der Waals surface area contributed by atoms with Gasteiger partial charge >= 0.3 is 5.97 Å². The van der Waals surface area contributed by atoms with Gasteiger partial charge in [-0.25, -0.2) is 4.98 Å². The number of carboxylic acid groups (broad SMARTS) is 1. The molecular weight excluding hydrogens is 336 g/mol. The number of carbonyl (C=O) groups is 2. The van der Waals surface area contributed by atoms with E-state index in [4.69, 9.17) is 0 Å². The maximum Gasteiger partial charge on any atom is 0.308 e. The minimum absolute atomic E-state index is 0.0324. The number of piperidine rings is 1. The second-order valence-electron chi connectivity index (χ2n) is 6.58. The first-order chi connectivity index (χ1) is 12.0. The van der Waals surface area contributed by atoms with E-state index in [0.717, 1.165) is 23.5 Å². The molecule has 1 saturated heterocycles. The summed E-state index contributed by atoms with van der Waals surface area (Å²) in [5.41, 5.74) is 1.97. The summed E-state index contributed by atoms with van der Waals surface area (Å²) in [4.78, 5) is 30.1. The van der Waals surface area contributed by atoms with Crippen LogP contribution in [-0.4, -0.2) is 39.5 Å². The summed E-state index contributed by atoms with van der Waals surface area (Å²) in [6.45, 7) is 2.29. The van der Waals surface area contributed by atoms with Crippen molar-refractivity contribution in [2.45, 2.75) is 38.6 Å². The lowest BCUT2D eigenvalue weighted by Crippen LogP contribution is -2.47. The third-order valence-corrected chi connectivity index (χ3v) is 5.58. The van der Waals surface area contributed by atoms with Crippen molar-refractivity contribution in [3.8, 4) is 0 Å². The van der Waals surface area contributed by atoms with Crippen LogP contribution in [0.2, 0.25) is 0 Å². The van der Waals surface area contributed by atoms with E-state index in [-0.39, 0.29) is 18.4 Å². The molecule has 3 rings (SSSR count). The van der Waals surface area contributed by atoms with Gasteiger partial charge in [0, 0.05) is 24.4 Å². The van der Waals surface area contributed by atoms with Gasteiger partial charge in [0.05, 0.1) is 23.0 Å². The van der Waals surface area contributed by atoms with Crippen molar-refractivity contribution in [1.29, 1.82) is 0 Å². The molecule has 0 radical (unpaired) electrons. The molecule has 1 amide bonds. The number of thiazole rings is 1. The average Bonchev–Trinajstić information content (AvgIpc) is 3.02. The molecule has 2 aromatic rings. The highest BCUT2D eigenvalue weighted by Crippen LogP contribution is 2.23. The second-order valence-corrected chi connectivity index (χ2v) is 7.52. The van der Waals surface area contributed by atoms with Crippen LogP contribution in [0.1, 0.15) is 36.0 Å². The third-order valence-electron chi connectivity index (χ3n) is 4.68. The van der Waals surface area contributed by atoms with Crippen LogP contribution in [0.5, 0.6) is 0 Å². The Morgan fingerprint density at radius 3 is 2.76 bits per heavy atom. The van der Waals surface area contributed by atoms with Gasteiger partial charge in [-0.05, 0) is 25.3 Å². The van der Waals surface area contributed by atoms with E-state index in [1.807, 2.05) is 30.5 Å². The Bertz CT molecular complexity index is 744. The predicted octanol–water partition coefficient (Wildman–Crippen LogP) is 2.99. The number of carboxylic acids is 1. The Balaban J connectivity index is 1.62. The van der Waals surface area contributed by atoms with Crippen molar-refractivity contribution in [3.05, 3.63) is 52.0 Å². The molecule has 25 heavy (non-hydrogen) atoms. The molecule has 1 aliphatic heterocycles. The maximum absolute atomic E-state index is 12.6. The third kappa shape index (κ3) is 4.45. The van der Waals surface area contributed by atoms with Crippen LogP contribution >= 0.6 is 11.3 Å². The van der Waals surface area contributed by atoms with Crippen molar-refractivity contribution < 1.29 is 14.7 Å². The number of rotatable bonds is 5. The van der Waals surface area contributed by atoms with Gasteiger partial charge in [0.2, 0.25) is 5.91 Å². The van der Waals surface area contributed by atoms with E-state index in [9.17, 15) is 14.7 Å². The first kappa shape index (κ1) is 17.6. The minimum atomic E-state index is -0.816. The zero-order valence-corrected chi connectivity index (χ0v) is 15.0. The molecule has 6 heteroatoms. The van der Waals surface area contributed by atoms with Crippen LogP contribution in [0.3, 0.4) is 0 Å². The Kier molecular flexibility index (Phi) is 5.48. The summed E-state index contributed by atoms with van der Waals surface area (Å²) in [5.74, 6) is -1.30. The Morgan fingerprint density at radius 1 is 1.28 bits per heavy atom. The van der Waals surface area contributed by atoms with Crippen LogP contribution in [0.15, 0.2) is 35.7 Å².